The monoisotopic (exact) mass is 389 g/mol. The first kappa shape index (κ1) is 20.8. The highest BCUT2D eigenvalue weighted by molar-refractivity contribution is 5.85. The van der Waals surface area contributed by atoms with Gasteiger partial charge >= 0.3 is 0 Å². The number of hydrogen-bond donors (Lipinski definition) is 0. The Labute approximate surface area is 167 Å². The highest BCUT2D eigenvalue weighted by Crippen LogP contribution is 2.19. The molecule has 0 aliphatic carbocycles. The zero-order chi connectivity index (χ0) is 19.9. The topological polar surface area (TPSA) is 43.9 Å². The molecule has 1 atom stereocenters. The lowest BCUT2D eigenvalue weighted by Crippen LogP contribution is -2.46. The van der Waals surface area contributed by atoms with Gasteiger partial charge in [-0.15, -0.1) is 0 Å². The molecule has 0 N–H and O–H groups in total. The van der Waals surface area contributed by atoms with E-state index >= 15 is 0 Å². The van der Waals surface area contributed by atoms with Gasteiger partial charge < -0.3 is 14.7 Å². The van der Waals surface area contributed by atoms with Crippen LogP contribution in [0.25, 0.3) is 0 Å². The summed E-state index contributed by atoms with van der Waals surface area (Å²) in [4.78, 5) is 30.3. The van der Waals surface area contributed by atoms with Crippen molar-refractivity contribution in [3.05, 3.63) is 35.6 Å². The number of likely N-dealkylation sites (N-methyl/N-ethyl adjacent to an activating group) is 1. The van der Waals surface area contributed by atoms with Crippen LogP contribution in [0.5, 0.6) is 0 Å². The van der Waals surface area contributed by atoms with Gasteiger partial charge in [-0.1, -0.05) is 18.2 Å². The van der Waals surface area contributed by atoms with E-state index < -0.39 is 0 Å². The molecule has 1 unspecified atom stereocenters. The molecule has 2 aliphatic rings. The normalized spacial score (nSPS) is 21.0. The first-order valence-electron chi connectivity index (χ1n) is 10.5. The van der Waals surface area contributed by atoms with E-state index in [1.807, 2.05) is 19.2 Å². The fraction of sp³-hybridized carbons (Fsp3) is 0.636. The van der Waals surface area contributed by atoms with Crippen molar-refractivity contribution in [2.75, 3.05) is 46.3 Å². The summed E-state index contributed by atoms with van der Waals surface area (Å²) >= 11 is 0. The number of nitrogens with zero attached hydrogens (tertiary/aromatic N) is 3. The maximum atomic E-state index is 13.8. The van der Waals surface area contributed by atoms with E-state index in [0.717, 1.165) is 57.4 Å². The van der Waals surface area contributed by atoms with Crippen molar-refractivity contribution in [2.24, 2.45) is 5.92 Å². The molecule has 0 aromatic heterocycles. The molecule has 3 rings (SSSR count). The average molecular weight is 390 g/mol. The van der Waals surface area contributed by atoms with Crippen LogP contribution in [0, 0.1) is 11.7 Å². The number of halogens is 1. The third-order valence-electron chi connectivity index (χ3n) is 5.96. The second kappa shape index (κ2) is 10.0. The summed E-state index contributed by atoms with van der Waals surface area (Å²) < 4.78 is 13.8. The Morgan fingerprint density at radius 2 is 2.04 bits per heavy atom. The van der Waals surface area contributed by atoms with Gasteiger partial charge in [0.2, 0.25) is 11.8 Å². The predicted octanol–water partition coefficient (Wildman–Crippen LogP) is 2.55. The molecule has 28 heavy (non-hydrogen) atoms. The Bertz CT molecular complexity index is 682. The van der Waals surface area contributed by atoms with Crippen LogP contribution >= 0.6 is 0 Å². The number of benzene rings is 1. The standard InChI is InChI=1S/C22H32FN3O2/c1-24(22(28)17-26-13-5-4-10-21(26)27)15-18-7-6-12-25(16-18)14-11-19-8-2-3-9-20(19)23/h2-3,8-9,18H,4-7,10-17H2,1H3. The summed E-state index contributed by atoms with van der Waals surface area (Å²) in [5.74, 6) is 0.428. The number of carbonyl (C=O) groups excluding carboxylic acids is 2. The molecule has 0 spiro atoms. The SMILES string of the molecule is CN(CC1CCCN(CCc2ccccc2F)C1)C(=O)CN1CCCCC1=O. The van der Waals surface area contributed by atoms with Crippen LogP contribution in [-0.2, 0) is 16.0 Å². The molecule has 1 aromatic rings. The summed E-state index contributed by atoms with van der Waals surface area (Å²) in [7, 11) is 1.84. The Morgan fingerprint density at radius 1 is 1.21 bits per heavy atom. The Morgan fingerprint density at radius 3 is 2.82 bits per heavy atom. The van der Waals surface area contributed by atoms with Gasteiger partial charge in [0, 0.05) is 39.6 Å². The zero-order valence-electron chi connectivity index (χ0n) is 16.9. The number of amides is 2. The Hall–Kier alpha value is -1.95. The van der Waals surface area contributed by atoms with Crippen LogP contribution < -0.4 is 0 Å². The van der Waals surface area contributed by atoms with E-state index in [1.54, 1.807) is 15.9 Å². The lowest BCUT2D eigenvalue weighted by atomic mass is 9.97. The molecule has 2 aliphatic heterocycles. The van der Waals surface area contributed by atoms with Gasteiger partial charge in [0.15, 0.2) is 0 Å². The van der Waals surface area contributed by atoms with Crippen LogP contribution in [-0.4, -0.2) is 72.8 Å². The summed E-state index contributed by atoms with van der Waals surface area (Å²) in [6, 6.07) is 6.97. The van der Waals surface area contributed by atoms with Crippen molar-refractivity contribution in [3.8, 4) is 0 Å². The van der Waals surface area contributed by atoms with Crippen molar-refractivity contribution < 1.29 is 14.0 Å². The lowest BCUT2D eigenvalue weighted by Gasteiger charge is -2.35. The molecule has 2 heterocycles. The minimum absolute atomic E-state index is 0.0266. The third-order valence-corrected chi connectivity index (χ3v) is 5.96. The van der Waals surface area contributed by atoms with E-state index in [-0.39, 0.29) is 24.2 Å². The van der Waals surface area contributed by atoms with Crippen LogP contribution in [0.4, 0.5) is 4.39 Å². The fourth-order valence-corrected chi connectivity index (χ4v) is 4.29. The first-order chi connectivity index (χ1) is 13.5. The van der Waals surface area contributed by atoms with Crippen molar-refractivity contribution in [2.45, 2.75) is 38.5 Å². The molecule has 2 fully saturated rings. The predicted molar refractivity (Wildman–Crippen MR) is 107 cm³/mol. The van der Waals surface area contributed by atoms with Gasteiger partial charge in [-0.2, -0.15) is 0 Å². The van der Waals surface area contributed by atoms with E-state index in [4.69, 9.17) is 0 Å². The van der Waals surface area contributed by atoms with Crippen molar-refractivity contribution in [1.82, 2.24) is 14.7 Å². The summed E-state index contributed by atoms with van der Waals surface area (Å²) in [6.45, 7) is 4.44. The number of likely N-dealkylation sites (tertiary alicyclic amines) is 2. The second-order valence-electron chi connectivity index (χ2n) is 8.20. The summed E-state index contributed by atoms with van der Waals surface area (Å²) in [5, 5.41) is 0. The minimum atomic E-state index is -0.131. The Kier molecular flexibility index (Phi) is 7.43. The molecule has 0 radical (unpaired) electrons. The smallest absolute Gasteiger partial charge is 0.241 e. The van der Waals surface area contributed by atoms with Gasteiger partial charge in [0.25, 0.3) is 0 Å². The van der Waals surface area contributed by atoms with Crippen LogP contribution in [0.3, 0.4) is 0 Å². The van der Waals surface area contributed by atoms with Crippen molar-refractivity contribution in [3.63, 3.8) is 0 Å². The molecule has 2 amide bonds. The molecular weight excluding hydrogens is 357 g/mol. The van der Waals surface area contributed by atoms with E-state index in [0.29, 0.717) is 25.3 Å². The van der Waals surface area contributed by atoms with Crippen LogP contribution in [0.1, 0.15) is 37.7 Å². The first-order valence-corrected chi connectivity index (χ1v) is 10.5. The number of hydrogen-bond acceptors (Lipinski definition) is 3. The maximum Gasteiger partial charge on any atom is 0.241 e. The highest BCUT2D eigenvalue weighted by Gasteiger charge is 2.25. The molecule has 0 saturated carbocycles. The van der Waals surface area contributed by atoms with Crippen molar-refractivity contribution >= 4 is 11.8 Å². The molecule has 5 nitrogen and oxygen atoms in total. The molecule has 6 heteroatoms. The largest absolute Gasteiger partial charge is 0.344 e. The van der Waals surface area contributed by atoms with E-state index in [9.17, 15) is 14.0 Å². The molecular formula is C22H32FN3O2. The summed E-state index contributed by atoms with van der Waals surface area (Å²) in [5.41, 5.74) is 0.767. The maximum absolute atomic E-state index is 13.8. The molecule has 154 valence electrons. The van der Waals surface area contributed by atoms with E-state index in [1.165, 1.54) is 6.07 Å². The minimum Gasteiger partial charge on any atom is -0.344 e. The molecule has 0 bridgehead atoms. The number of rotatable bonds is 7. The van der Waals surface area contributed by atoms with Gasteiger partial charge in [0.1, 0.15) is 5.82 Å². The number of carbonyl (C=O) groups is 2. The van der Waals surface area contributed by atoms with Crippen LogP contribution in [0.15, 0.2) is 24.3 Å². The highest BCUT2D eigenvalue weighted by atomic mass is 19.1. The lowest BCUT2D eigenvalue weighted by molar-refractivity contribution is -0.141. The molecule has 1 aromatic carbocycles. The van der Waals surface area contributed by atoms with Gasteiger partial charge in [-0.05, 0) is 56.2 Å². The second-order valence-corrected chi connectivity index (χ2v) is 8.20. The number of piperidine rings is 2. The Balaban J connectivity index is 1.44. The van der Waals surface area contributed by atoms with Gasteiger partial charge in [0.05, 0.1) is 6.54 Å². The summed E-state index contributed by atoms with van der Waals surface area (Å²) in [6.07, 6.45) is 5.42. The van der Waals surface area contributed by atoms with Crippen LogP contribution in [0.2, 0.25) is 0 Å². The van der Waals surface area contributed by atoms with Crippen molar-refractivity contribution in [1.29, 1.82) is 0 Å². The van der Waals surface area contributed by atoms with Gasteiger partial charge in [-0.3, -0.25) is 9.59 Å². The van der Waals surface area contributed by atoms with E-state index in [2.05, 4.69) is 4.90 Å². The molecule has 2 saturated heterocycles. The van der Waals surface area contributed by atoms with Gasteiger partial charge in [-0.25, -0.2) is 4.39 Å². The average Bonchev–Trinajstić information content (AvgIpc) is 2.69. The fourth-order valence-electron chi connectivity index (χ4n) is 4.29. The third kappa shape index (κ3) is 5.77. The quantitative estimate of drug-likeness (QED) is 0.720. The zero-order valence-corrected chi connectivity index (χ0v) is 16.9.